The fourth-order valence-corrected chi connectivity index (χ4v) is 2.04. The number of aliphatic carboxylic acids is 1. The molecule has 1 amide bonds. The summed E-state index contributed by atoms with van der Waals surface area (Å²) < 4.78 is 10.7. The van der Waals surface area contributed by atoms with Crippen LogP contribution in [0.5, 0.6) is 5.75 Å². The molecular formula is C18H28N2O5. The second kappa shape index (κ2) is 9.88. The van der Waals surface area contributed by atoms with Crippen molar-refractivity contribution in [2.24, 2.45) is 0 Å². The van der Waals surface area contributed by atoms with Crippen molar-refractivity contribution in [3.05, 3.63) is 29.8 Å². The van der Waals surface area contributed by atoms with Crippen molar-refractivity contribution in [2.45, 2.75) is 45.3 Å². The van der Waals surface area contributed by atoms with Crippen LogP contribution in [0.3, 0.4) is 0 Å². The molecule has 0 radical (unpaired) electrons. The summed E-state index contributed by atoms with van der Waals surface area (Å²) in [4.78, 5) is 22.5. The Labute approximate surface area is 148 Å². The summed E-state index contributed by atoms with van der Waals surface area (Å²) in [7, 11) is 1.63. The van der Waals surface area contributed by atoms with Gasteiger partial charge in [-0.2, -0.15) is 0 Å². The number of benzene rings is 1. The number of rotatable bonds is 9. The van der Waals surface area contributed by atoms with Gasteiger partial charge in [-0.1, -0.05) is 12.1 Å². The maximum Gasteiger partial charge on any atom is 0.407 e. The third-order valence-electron chi connectivity index (χ3n) is 3.27. The van der Waals surface area contributed by atoms with Crippen LogP contribution in [0.2, 0.25) is 0 Å². The standard InChI is InChI=1S/C18H28N2O5/c1-18(2,3)25-17(23)20-10-5-11-24-14-8-6-13(7-9-14)12-15(19-4)16(21)22/h6-9,15,19H,5,10-12H2,1-4H3,(H,20,23)(H,21,22)/t15-/m1/s1. The van der Waals surface area contributed by atoms with Gasteiger partial charge in [0, 0.05) is 6.54 Å². The van der Waals surface area contributed by atoms with Gasteiger partial charge in [-0.25, -0.2) is 4.79 Å². The highest BCUT2D eigenvalue weighted by Crippen LogP contribution is 2.14. The molecule has 0 aliphatic carbocycles. The van der Waals surface area contributed by atoms with Crippen molar-refractivity contribution < 1.29 is 24.2 Å². The van der Waals surface area contributed by atoms with Gasteiger partial charge >= 0.3 is 12.1 Å². The van der Waals surface area contributed by atoms with E-state index in [0.717, 1.165) is 5.56 Å². The number of hydrogen-bond acceptors (Lipinski definition) is 5. The first-order chi connectivity index (χ1) is 11.7. The molecule has 0 fully saturated rings. The number of likely N-dealkylation sites (N-methyl/N-ethyl adjacent to an activating group) is 1. The monoisotopic (exact) mass is 352 g/mol. The topological polar surface area (TPSA) is 96.9 Å². The Balaban J connectivity index is 2.28. The predicted molar refractivity (Wildman–Crippen MR) is 95.0 cm³/mol. The van der Waals surface area contributed by atoms with Gasteiger partial charge < -0.3 is 25.2 Å². The Morgan fingerprint density at radius 2 is 1.84 bits per heavy atom. The SMILES string of the molecule is CN[C@H](Cc1ccc(OCCCNC(=O)OC(C)(C)C)cc1)C(=O)O. The van der Waals surface area contributed by atoms with E-state index >= 15 is 0 Å². The van der Waals surface area contributed by atoms with Crippen LogP contribution >= 0.6 is 0 Å². The number of carboxylic acids is 1. The van der Waals surface area contributed by atoms with E-state index in [1.165, 1.54) is 0 Å². The van der Waals surface area contributed by atoms with Crippen molar-refractivity contribution >= 4 is 12.1 Å². The molecule has 0 aliphatic rings. The summed E-state index contributed by atoms with van der Waals surface area (Å²) >= 11 is 0. The van der Waals surface area contributed by atoms with Gasteiger partial charge in [-0.15, -0.1) is 0 Å². The van der Waals surface area contributed by atoms with Gasteiger partial charge in [0.1, 0.15) is 17.4 Å². The first-order valence-corrected chi connectivity index (χ1v) is 8.30. The van der Waals surface area contributed by atoms with Gasteiger partial charge in [-0.05, 0) is 58.4 Å². The number of nitrogens with one attached hydrogen (secondary N) is 2. The molecule has 1 aromatic carbocycles. The van der Waals surface area contributed by atoms with Gasteiger partial charge in [0.2, 0.25) is 0 Å². The minimum absolute atomic E-state index is 0.409. The number of hydrogen-bond donors (Lipinski definition) is 3. The highest BCUT2D eigenvalue weighted by Gasteiger charge is 2.16. The Bertz CT molecular complexity index is 552. The molecule has 3 N–H and O–H groups in total. The first kappa shape index (κ1) is 20.8. The Kier molecular flexibility index (Phi) is 8.21. The molecule has 1 aromatic rings. The lowest BCUT2D eigenvalue weighted by Gasteiger charge is -2.19. The third kappa shape index (κ3) is 8.95. The molecule has 7 nitrogen and oxygen atoms in total. The molecule has 140 valence electrons. The van der Waals surface area contributed by atoms with Crippen LogP contribution in [0, 0.1) is 0 Å². The van der Waals surface area contributed by atoms with Gasteiger partial charge in [0.05, 0.1) is 6.61 Å². The zero-order valence-corrected chi connectivity index (χ0v) is 15.3. The Hall–Kier alpha value is -2.28. The van der Waals surface area contributed by atoms with E-state index in [0.29, 0.717) is 31.7 Å². The molecule has 0 aromatic heterocycles. The van der Waals surface area contributed by atoms with Crippen LogP contribution < -0.4 is 15.4 Å². The van der Waals surface area contributed by atoms with E-state index in [1.54, 1.807) is 7.05 Å². The lowest BCUT2D eigenvalue weighted by atomic mass is 10.1. The quantitative estimate of drug-likeness (QED) is 0.590. The summed E-state index contributed by atoms with van der Waals surface area (Å²) in [5, 5.41) is 14.5. The third-order valence-corrected chi connectivity index (χ3v) is 3.27. The van der Waals surface area contributed by atoms with Crippen LogP contribution in [0.4, 0.5) is 4.79 Å². The highest BCUT2D eigenvalue weighted by molar-refractivity contribution is 5.73. The van der Waals surface area contributed by atoms with Crippen LogP contribution in [-0.4, -0.2) is 49.0 Å². The fraction of sp³-hybridized carbons (Fsp3) is 0.556. The Morgan fingerprint density at radius 3 is 2.36 bits per heavy atom. The van der Waals surface area contributed by atoms with E-state index in [2.05, 4.69) is 10.6 Å². The summed E-state index contributed by atoms with van der Waals surface area (Å²) in [6, 6.07) is 6.71. The molecule has 0 unspecified atom stereocenters. The summed E-state index contributed by atoms with van der Waals surface area (Å²) in [6.07, 6.45) is 0.627. The summed E-state index contributed by atoms with van der Waals surface area (Å²) in [5.74, 6) is -0.169. The molecule has 0 saturated carbocycles. The maximum atomic E-state index is 11.5. The van der Waals surface area contributed by atoms with E-state index < -0.39 is 23.7 Å². The first-order valence-electron chi connectivity index (χ1n) is 8.30. The van der Waals surface area contributed by atoms with Crippen LogP contribution in [0.25, 0.3) is 0 Å². The van der Waals surface area contributed by atoms with Crippen LogP contribution in [0.1, 0.15) is 32.8 Å². The average molecular weight is 352 g/mol. The molecule has 25 heavy (non-hydrogen) atoms. The van der Waals surface area contributed by atoms with Crippen molar-refractivity contribution in [3.63, 3.8) is 0 Å². The van der Waals surface area contributed by atoms with E-state index in [1.807, 2.05) is 45.0 Å². The smallest absolute Gasteiger partial charge is 0.407 e. The highest BCUT2D eigenvalue weighted by atomic mass is 16.6. The van der Waals surface area contributed by atoms with Crippen LogP contribution in [0.15, 0.2) is 24.3 Å². The molecule has 7 heteroatoms. The van der Waals surface area contributed by atoms with Crippen molar-refractivity contribution in [1.29, 1.82) is 0 Å². The molecule has 1 rings (SSSR count). The van der Waals surface area contributed by atoms with E-state index in [4.69, 9.17) is 14.6 Å². The van der Waals surface area contributed by atoms with E-state index in [-0.39, 0.29) is 0 Å². The van der Waals surface area contributed by atoms with E-state index in [9.17, 15) is 9.59 Å². The minimum atomic E-state index is -0.875. The van der Waals surface area contributed by atoms with Crippen LogP contribution in [-0.2, 0) is 16.0 Å². The summed E-state index contributed by atoms with van der Waals surface area (Å²) in [5.41, 5.74) is 0.413. The molecule has 0 heterocycles. The second-order valence-electron chi connectivity index (χ2n) is 6.66. The van der Waals surface area contributed by atoms with Crippen molar-refractivity contribution in [2.75, 3.05) is 20.2 Å². The minimum Gasteiger partial charge on any atom is -0.494 e. The normalized spacial score (nSPS) is 12.3. The fourth-order valence-electron chi connectivity index (χ4n) is 2.04. The molecule has 0 aliphatic heterocycles. The Morgan fingerprint density at radius 1 is 1.20 bits per heavy atom. The largest absolute Gasteiger partial charge is 0.494 e. The lowest BCUT2D eigenvalue weighted by Crippen LogP contribution is -2.35. The van der Waals surface area contributed by atoms with Crippen molar-refractivity contribution in [1.82, 2.24) is 10.6 Å². The number of carbonyl (C=O) groups is 2. The molecular weight excluding hydrogens is 324 g/mol. The molecule has 0 saturated heterocycles. The number of carbonyl (C=O) groups excluding carboxylic acids is 1. The van der Waals surface area contributed by atoms with Gasteiger partial charge in [0.15, 0.2) is 0 Å². The lowest BCUT2D eigenvalue weighted by molar-refractivity contribution is -0.139. The van der Waals surface area contributed by atoms with Crippen molar-refractivity contribution in [3.8, 4) is 5.75 Å². The zero-order chi connectivity index (χ0) is 18.9. The van der Waals surface area contributed by atoms with Gasteiger partial charge in [-0.3, -0.25) is 4.79 Å². The molecule has 0 spiro atoms. The summed E-state index contributed by atoms with van der Waals surface area (Å²) in [6.45, 7) is 6.37. The number of ether oxygens (including phenoxy) is 2. The second-order valence-corrected chi connectivity index (χ2v) is 6.66. The van der Waals surface area contributed by atoms with Gasteiger partial charge in [0.25, 0.3) is 0 Å². The average Bonchev–Trinajstić information content (AvgIpc) is 2.51. The number of amides is 1. The number of carboxylic acid groups (broad SMARTS) is 1. The predicted octanol–water partition coefficient (Wildman–Crippen LogP) is 2.20. The zero-order valence-electron chi connectivity index (χ0n) is 15.3. The molecule has 0 bridgehead atoms. The molecule has 1 atom stereocenters. The maximum absolute atomic E-state index is 11.5. The number of alkyl carbamates (subject to hydrolysis) is 1.